The second kappa shape index (κ2) is 49.3. The van der Waals surface area contributed by atoms with Gasteiger partial charge in [0.25, 0.3) is 0 Å². The molecule has 1 saturated carbocycles. The lowest BCUT2D eigenvalue weighted by atomic mass is 9.83. The first-order chi connectivity index (χ1) is 32.1. The Balaban J connectivity index is -0.00000129. The Bertz CT molecular complexity index is 1230. The summed E-state index contributed by atoms with van der Waals surface area (Å²) in [6.45, 7) is 23.3. The topological polar surface area (TPSA) is 226 Å². The zero-order valence-electron chi connectivity index (χ0n) is 44.7. The second-order valence-corrected chi connectivity index (χ2v) is 18.9. The van der Waals surface area contributed by atoms with Gasteiger partial charge in [-0.2, -0.15) is 5.10 Å². The van der Waals surface area contributed by atoms with Gasteiger partial charge in [-0.15, -0.1) is 0 Å². The largest absolute Gasteiger partial charge is 0.380 e. The number of ether oxygens (including phenoxy) is 3. The number of amidine groups is 1. The van der Waals surface area contributed by atoms with Gasteiger partial charge in [0.2, 0.25) is 17.7 Å². The van der Waals surface area contributed by atoms with Crippen LogP contribution in [0.25, 0.3) is 0 Å². The number of nitrogens with one attached hydrogen (secondary N) is 4. The molecule has 67 heavy (non-hydrogen) atoms. The molecule has 8 N–H and O–H groups in total. The molecule has 0 aromatic carbocycles. The molecule has 1 aliphatic rings. The predicted molar refractivity (Wildman–Crippen MR) is 276 cm³/mol. The van der Waals surface area contributed by atoms with Crippen molar-refractivity contribution in [1.29, 1.82) is 0 Å². The van der Waals surface area contributed by atoms with Crippen molar-refractivity contribution >= 4 is 35.1 Å². The van der Waals surface area contributed by atoms with E-state index in [1.54, 1.807) is 6.92 Å². The fourth-order valence-corrected chi connectivity index (χ4v) is 6.67. The Kier molecular flexibility index (Phi) is 50.1. The molecule has 0 saturated heterocycles. The van der Waals surface area contributed by atoms with Crippen LogP contribution in [-0.4, -0.2) is 93.9 Å². The van der Waals surface area contributed by atoms with Crippen LogP contribution in [0.5, 0.6) is 0 Å². The number of carbonyl (C=O) groups is 5. The van der Waals surface area contributed by atoms with Crippen LogP contribution in [0.1, 0.15) is 223 Å². The summed E-state index contributed by atoms with van der Waals surface area (Å²) < 4.78 is 16.0. The summed E-state index contributed by atoms with van der Waals surface area (Å²) in [4.78, 5) is 58.8. The Morgan fingerprint density at radius 1 is 0.657 bits per heavy atom. The summed E-state index contributed by atoms with van der Waals surface area (Å²) in [6, 6.07) is -0.598. The Morgan fingerprint density at radius 3 is 1.57 bits per heavy atom. The van der Waals surface area contributed by atoms with Gasteiger partial charge in [-0.3, -0.25) is 24.0 Å². The lowest BCUT2D eigenvalue weighted by Crippen LogP contribution is -2.40. The molecule has 1 atom stereocenters. The van der Waals surface area contributed by atoms with Crippen LogP contribution < -0.4 is 33.1 Å². The molecule has 1 unspecified atom stereocenters. The first-order valence-electron chi connectivity index (χ1n) is 26.4. The van der Waals surface area contributed by atoms with E-state index >= 15 is 0 Å². The highest BCUT2D eigenvalue weighted by Crippen LogP contribution is 2.29. The number of hydrazone groups is 1. The summed E-state index contributed by atoms with van der Waals surface area (Å²) in [5, 5.41) is 12.0. The third-order valence-electron chi connectivity index (χ3n) is 11.3. The highest BCUT2D eigenvalue weighted by molar-refractivity contribution is 5.88. The van der Waals surface area contributed by atoms with Crippen molar-refractivity contribution in [2.24, 2.45) is 34.0 Å². The van der Waals surface area contributed by atoms with Crippen LogP contribution in [0, 0.1) is 17.3 Å². The Morgan fingerprint density at radius 2 is 1.15 bits per heavy atom. The fourth-order valence-electron chi connectivity index (χ4n) is 6.67. The minimum absolute atomic E-state index is 0.0191. The van der Waals surface area contributed by atoms with Gasteiger partial charge in [0.15, 0.2) is 11.6 Å². The molecule has 0 radical (unpaired) electrons. The van der Waals surface area contributed by atoms with E-state index in [1.165, 1.54) is 96.8 Å². The molecule has 0 aromatic heterocycles. The van der Waals surface area contributed by atoms with Gasteiger partial charge in [-0.25, -0.2) is 5.84 Å². The maximum absolute atomic E-state index is 12.3. The van der Waals surface area contributed by atoms with Gasteiger partial charge in [0.1, 0.15) is 12.4 Å². The first-order valence-corrected chi connectivity index (χ1v) is 26.4. The van der Waals surface area contributed by atoms with E-state index in [-0.39, 0.29) is 47.7 Å². The number of nitrogens with two attached hydrogens (primary N) is 2. The predicted octanol–water partition coefficient (Wildman–Crippen LogP) is 9.38. The number of ketones is 2. The van der Waals surface area contributed by atoms with Crippen molar-refractivity contribution in [2.75, 3.05) is 52.7 Å². The van der Waals surface area contributed by atoms with Crippen LogP contribution in [0.4, 0.5) is 0 Å². The standard InChI is InChI=1S/C31H60N6O4.C13H25NO4.C6H14.C2H6/c1-26(38)28(20-21-30(39)34-23-25-41-24-22-27-16-15-17-27)35-31(40)19-14-12-10-8-6-4-2-3-5-7-9-11-13-18-29(36-32)37-33;1-5-12(16)14-6-7-17-8-9-18-10-11(15)13(2,3)4;1-4-5-6(2)3;1-2/h27-28H,2-25,32-33H2,1H3,(H,34,39)(H,35,40)(H,36,37);5-10H2,1-4H3,(H,14,16);6H,4-5H2,1-3H3;1-2H3. The van der Waals surface area contributed by atoms with Crippen LogP contribution in [0.3, 0.4) is 0 Å². The molecule has 3 amide bonds. The first kappa shape index (κ1) is 68.1. The summed E-state index contributed by atoms with van der Waals surface area (Å²) >= 11 is 0. The maximum Gasteiger partial charge on any atom is 0.220 e. The third-order valence-corrected chi connectivity index (χ3v) is 11.3. The SMILES string of the molecule is CC.CC(=O)C(CCC(=O)NCCOCCC1CCC1)NC(=O)CCCCCCCCCCCCCCC/C(=N/N)NN.CCC(=O)NCCOCCOCC(=O)C(C)(C)C.CCCC(C)C. The minimum Gasteiger partial charge on any atom is -0.380 e. The van der Waals surface area contributed by atoms with Crippen molar-refractivity contribution < 1.29 is 38.2 Å². The molecular weight excluding hydrogens is 851 g/mol. The van der Waals surface area contributed by atoms with E-state index in [0.717, 1.165) is 57.0 Å². The van der Waals surface area contributed by atoms with E-state index in [9.17, 15) is 24.0 Å². The van der Waals surface area contributed by atoms with Crippen molar-refractivity contribution in [3.63, 3.8) is 0 Å². The molecule has 0 heterocycles. The number of carbonyl (C=O) groups excluding carboxylic acids is 5. The average molecular weight is 956 g/mol. The van der Waals surface area contributed by atoms with Crippen LogP contribution in [-0.2, 0) is 38.2 Å². The average Bonchev–Trinajstić information content (AvgIpc) is 3.28. The maximum atomic E-state index is 12.3. The summed E-state index contributed by atoms with van der Waals surface area (Å²) in [5.74, 6) is 12.7. The minimum atomic E-state index is -0.598. The molecule has 0 aromatic rings. The fraction of sp³-hybridized carbons (Fsp3) is 0.885. The third kappa shape index (κ3) is 49.1. The van der Waals surface area contributed by atoms with Gasteiger partial charge in [-0.05, 0) is 44.4 Å². The van der Waals surface area contributed by atoms with Gasteiger partial charge in [-0.1, -0.05) is 165 Å². The van der Waals surface area contributed by atoms with Crippen molar-refractivity contribution in [2.45, 2.75) is 229 Å². The monoisotopic (exact) mass is 956 g/mol. The highest BCUT2D eigenvalue weighted by atomic mass is 16.5. The second-order valence-electron chi connectivity index (χ2n) is 18.9. The summed E-state index contributed by atoms with van der Waals surface area (Å²) in [6.07, 6.45) is 25.5. The van der Waals surface area contributed by atoms with Gasteiger partial charge >= 0.3 is 0 Å². The van der Waals surface area contributed by atoms with Crippen LogP contribution >= 0.6 is 0 Å². The Labute approximate surface area is 409 Å². The lowest BCUT2D eigenvalue weighted by Gasteiger charge is -2.24. The smallest absolute Gasteiger partial charge is 0.220 e. The molecule has 1 aliphatic carbocycles. The lowest BCUT2D eigenvalue weighted by molar-refractivity contribution is -0.131. The number of rotatable bonds is 38. The van der Waals surface area contributed by atoms with Gasteiger partial charge < -0.3 is 41.4 Å². The number of hydrogen-bond donors (Lipinski definition) is 6. The molecule has 0 bridgehead atoms. The van der Waals surface area contributed by atoms with E-state index in [0.29, 0.717) is 64.6 Å². The Hall–Kier alpha value is -3.14. The molecule has 396 valence electrons. The van der Waals surface area contributed by atoms with Crippen LogP contribution in [0.2, 0.25) is 0 Å². The molecule has 1 rings (SSSR count). The van der Waals surface area contributed by atoms with E-state index in [2.05, 4.69) is 47.2 Å². The zero-order valence-corrected chi connectivity index (χ0v) is 44.7. The van der Waals surface area contributed by atoms with Crippen molar-refractivity contribution in [3.05, 3.63) is 0 Å². The molecule has 0 aliphatic heterocycles. The number of amides is 3. The molecule has 15 heteroatoms. The highest BCUT2D eigenvalue weighted by Gasteiger charge is 2.21. The van der Waals surface area contributed by atoms with E-state index < -0.39 is 6.04 Å². The van der Waals surface area contributed by atoms with Gasteiger partial charge in [0.05, 0.1) is 32.5 Å². The number of hydrogen-bond acceptors (Lipinski definition) is 11. The van der Waals surface area contributed by atoms with Crippen LogP contribution in [0.15, 0.2) is 5.10 Å². The number of unbranched alkanes of at least 4 members (excludes halogenated alkanes) is 12. The molecule has 0 spiro atoms. The zero-order chi connectivity index (χ0) is 51.0. The van der Waals surface area contributed by atoms with Gasteiger partial charge in [0, 0.05) is 50.8 Å². The summed E-state index contributed by atoms with van der Waals surface area (Å²) in [5.41, 5.74) is 2.16. The van der Waals surface area contributed by atoms with E-state index in [1.807, 2.05) is 34.6 Å². The quantitative estimate of drug-likeness (QED) is 0.0112. The molecule has 15 nitrogen and oxygen atoms in total. The molecular formula is C52H105N7O8. The summed E-state index contributed by atoms with van der Waals surface area (Å²) in [7, 11) is 0. The van der Waals surface area contributed by atoms with E-state index in [4.69, 9.17) is 25.9 Å². The normalized spacial score (nSPS) is 12.8. The van der Waals surface area contributed by atoms with Crippen molar-refractivity contribution in [3.8, 4) is 0 Å². The van der Waals surface area contributed by atoms with Crippen molar-refractivity contribution in [1.82, 2.24) is 21.4 Å². The molecule has 1 fully saturated rings. The number of Topliss-reactive ketones (excluding diaryl/α,β-unsaturated/α-hetero) is 2. The number of nitrogens with zero attached hydrogens (tertiary/aromatic N) is 1. The number of hydrazine groups is 1.